The Morgan fingerprint density at radius 2 is 2.00 bits per heavy atom. The first-order valence-electron chi connectivity index (χ1n) is 7.74. The molecule has 1 aromatic heterocycles. The van der Waals surface area contributed by atoms with E-state index >= 15 is 0 Å². The fourth-order valence-electron chi connectivity index (χ4n) is 2.91. The zero-order chi connectivity index (χ0) is 15.4. The number of hydrogen-bond acceptors (Lipinski definition) is 4. The van der Waals surface area contributed by atoms with E-state index in [9.17, 15) is 4.79 Å². The molecule has 0 spiro atoms. The van der Waals surface area contributed by atoms with E-state index in [1.165, 1.54) is 0 Å². The molecule has 0 saturated carbocycles. The number of hydrogen-bond donors (Lipinski definition) is 1. The van der Waals surface area contributed by atoms with Crippen LogP contribution in [0.5, 0.6) is 0 Å². The van der Waals surface area contributed by atoms with Gasteiger partial charge in [-0.1, -0.05) is 6.92 Å². The summed E-state index contributed by atoms with van der Waals surface area (Å²) in [5.41, 5.74) is 2.12. The SMILES string of the molecule is CCc1c(C)nn(C)c1NC(=O)CN1CCCN(C)CC1. The quantitative estimate of drug-likeness (QED) is 0.895. The van der Waals surface area contributed by atoms with E-state index in [1.54, 1.807) is 4.68 Å². The molecular formula is C15H27N5O. The second-order valence-corrected chi connectivity index (χ2v) is 5.87. The second-order valence-electron chi connectivity index (χ2n) is 5.87. The topological polar surface area (TPSA) is 53.4 Å². The lowest BCUT2D eigenvalue weighted by molar-refractivity contribution is -0.117. The molecule has 0 unspecified atom stereocenters. The number of likely N-dealkylation sites (N-methyl/N-ethyl adjacent to an activating group) is 1. The van der Waals surface area contributed by atoms with Gasteiger partial charge in [-0.2, -0.15) is 5.10 Å². The fourth-order valence-corrected chi connectivity index (χ4v) is 2.91. The largest absolute Gasteiger partial charge is 0.310 e. The van der Waals surface area contributed by atoms with Crippen molar-refractivity contribution in [1.82, 2.24) is 19.6 Å². The van der Waals surface area contributed by atoms with Gasteiger partial charge in [0, 0.05) is 25.7 Å². The predicted molar refractivity (Wildman–Crippen MR) is 84.5 cm³/mol. The van der Waals surface area contributed by atoms with E-state index in [1.807, 2.05) is 14.0 Å². The lowest BCUT2D eigenvalue weighted by Crippen LogP contribution is -2.36. The summed E-state index contributed by atoms with van der Waals surface area (Å²) in [6.45, 7) is 8.61. The molecule has 6 nitrogen and oxygen atoms in total. The number of carbonyl (C=O) groups is 1. The van der Waals surface area contributed by atoms with Crippen LogP contribution in [0.3, 0.4) is 0 Å². The highest BCUT2D eigenvalue weighted by Gasteiger charge is 2.18. The number of aromatic nitrogens is 2. The predicted octanol–water partition coefficient (Wildman–Crippen LogP) is 0.867. The summed E-state index contributed by atoms with van der Waals surface area (Å²) in [6.07, 6.45) is 2.00. The Kier molecular flexibility index (Phi) is 5.36. The zero-order valence-corrected chi connectivity index (χ0v) is 13.6. The summed E-state index contributed by atoms with van der Waals surface area (Å²) in [5, 5.41) is 7.42. The maximum atomic E-state index is 12.3. The highest BCUT2D eigenvalue weighted by molar-refractivity contribution is 5.92. The third-order valence-corrected chi connectivity index (χ3v) is 4.14. The molecule has 6 heteroatoms. The molecule has 0 atom stereocenters. The average molecular weight is 293 g/mol. The molecule has 1 N–H and O–H groups in total. The van der Waals surface area contributed by atoms with E-state index < -0.39 is 0 Å². The van der Waals surface area contributed by atoms with Crippen LogP contribution in [0.25, 0.3) is 0 Å². The van der Waals surface area contributed by atoms with Crippen molar-refractivity contribution in [3.8, 4) is 0 Å². The van der Waals surface area contributed by atoms with Crippen molar-refractivity contribution in [3.05, 3.63) is 11.3 Å². The highest BCUT2D eigenvalue weighted by atomic mass is 16.2. The van der Waals surface area contributed by atoms with Crippen molar-refractivity contribution in [3.63, 3.8) is 0 Å². The van der Waals surface area contributed by atoms with Crippen LogP contribution in [-0.4, -0.2) is 65.3 Å². The van der Waals surface area contributed by atoms with Gasteiger partial charge >= 0.3 is 0 Å². The number of nitrogens with zero attached hydrogens (tertiary/aromatic N) is 4. The van der Waals surface area contributed by atoms with Crippen LogP contribution in [0.1, 0.15) is 24.6 Å². The summed E-state index contributed by atoms with van der Waals surface area (Å²) in [5.74, 6) is 0.893. The summed E-state index contributed by atoms with van der Waals surface area (Å²) in [4.78, 5) is 16.8. The van der Waals surface area contributed by atoms with Crippen LogP contribution in [-0.2, 0) is 18.3 Å². The molecule has 118 valence electrons. The van der Waals surface area contributed by atoms with Gasteiger partial charge in [0.25, 0.3) is 0 Å². The maximum Gasteiger partial charge on any atom is 0.239 e. The van der Waals surface area contributed by atoms with Crippen molar-refractivity contribution in [1.29, 1.82) is 0 Å². The number of anilines is 1. The molecule has 1 amide bonds. The van der Waals surface area contributed by atoms with Crippen molar-refractivity contribution in [2.45, 2.75) is 26.7 Å². The summed E-state index contributed by atoms with van der Waals surface area (Å²) in [6, 6.07) is 0. The van der Waals surface area contributed by atoms with Gasteiger partial charge in [0.05, 0.1) is 12.2 Å². The molecule has 1 fully saturated rings. The van der Waals surface area contributed by atoms with Crippen molar-refractivity contribution >= 4 is 11.7 Å². The minimum absolute atomic E-state index is 0.0530. The highest BCUT2D eigenvalue weighted by Crippen LogP contribution is 2.19. The van der Waals surface area contributed by atoms with Crippen LogP contribution < -0.4 is 5.32 Å². The molecule has 1 saturated heterocycles. The van der Waals surface area contributed by atoms with E-state index in [-0.39, 0.29) is 5.91 Å². The molecule has 0 radical (unpaired) electrons. The van der Waals surface area contributed by atoms with Gasteiger partial charge < -0.3 is 10.2 Å². The molecule has 1 aromatic rings. The molecule has 1 aliphatic rings. The van der Waals surface area contributed by atoms with E-state index in [0.717, 1.165) is 56.1 Å². The first-order valence-corrected chi connectivity index (χ1v) is 7.74. The minimum Gasteiger partial charge on any atom is -0.310 e. The fraction of sp³-hybridized carbons (Fsp3) is 0.733. The molecular weight excluding hydrogens is 266 g/mol. The standard InChI is InChI=1S/C15H27N5O/c1-5-13-12(2)17-19(4)15(13)16-14(21)11-20-8-6-7-18(3)9-10-20/h5-11H2,1-4H3,(H,16,21). The Bertz CT molecular complexity index is 496. The maximum absolute atomic E-state index is 12.3. The first-order chi connectivity index (χ1) is 10.0. The van der Waals surface area contributed by atoms with Crippen LogP contribution in [0.4, 0.5) is 5.82 Å². The van der Waals surface area contributed by atoms with Gasteiger partial charge in [-0.3, -0.25) is 14.4 Å². The Morgan fingerprint density at radius 1 is 1.24 bits per heavy atom. The molecule has 0 aliphatic carbocycles. The monoisotopic (exact) mass is 293 g/mol. The third-order valence-electron chi connectivity index (χ3n) is 4.14. The van der Waals surface area contributed by atoms with Gasteiger partial charge in [-0.15, -0.1) is 0 Å². The summed E-state index contributed by atoms with van der Waals surface area (Å²) < 4.78 is 1.77. The normalized spacial score (nSPS) is 17.7. The smallest absolute Gasteiger partial charge is 0.239 e. The number of aryl methyl sites for hydroxylation is 2. The lowest BCUT2D eigenvalue weighted by atomic mass is 10.2. The van der Waals surface area contributed by atoms with Crippen LogP contribution >= 0.6 is 0 Å². The molecule has 1 aliphatic heterocycles. The van der Waals surface area contributed by atoms with Crippen LogP contribution in [0.2, 0.25) is 0 Å². The van der Waals surface area contributed by atoms with Gasteiger partial charge in [-0.05, 0) is 39.9 Å². The van der Waals surface area contributed by atoms with Crippen LogP contribution in [0.15, 0.2) is 0 Å². The number of carbonyl (C=O) groups excluding carboxylic acids is 1. The van der Waals surface area contributed by atoms with Crippen molar-refractivity contribution in [2.75, 3.05) is 45.1 Å². The van der Waals surface area contributed by atoms with E-state index in [2.05, 4.69) is 34.2 Å². The average Bonchev–Trinajstić information content (AvgIpc) is 2.58. The van der Waals surface area contributed by atoms with Gasteiger partial charge in [-0.25, -0.2) is 0 Å². The Labute approximate surface area is 127 Å². The van der Waals surface area contributed by atoms with E-state index in [4.69, 9.17) is 0 Å². The minimum atomic E-state index is 0.0530. The first kappa shape index (κ1) is 16.0. The number of rotatable bonds is 4. The molecule has 21 heavy (non-hydrogen) atoms. The number of amides is 1. The Morgan fingerprint density at radius 3 is 2.71 bits per heavy atom. The molecule has 0 aromatic carbocycles. The van der Waals surface area contributed by atoms with Gasteiger partial charge in [0.1, 0.15) is 5.82 Å². The van der Waals surface area contributed by atoms with Gasteiger partial charge in [0.15, 0.2) is 0 Å². The van der Waals surface area contributed by atoms with E-state index in [0.29, 0.717) is 6.54 Å². The second kappa shape index (κ2) is 7.04. The Balaban J connectivity index is 1.95. The lowest BCUT2D eigenvalue weighted by Gasteiger charge is -2.19. The number of nitrogens with one attached hydrogen (secondary N) is 1. The molecule has 0 bridgehead atoms. The summed E-state index contributed by atoms with van der Waals surface area (Å²) in [7, 11) is 4.01. The molecule has 2 heterocycles. The molecule has 2 rings (SSSR count). The van der Waals surface area contributed by atoms with Crippen molar-refractivity contribution in [2.24, 2.45) is 7.05 Å². The third kappa shape index (κ3) is 4.04. The summed E-state index contributed by atoms with van der Waals surface area (Å²) >= 11 is 0. The van der Waals surface area contributed by atoms with Gasteiger partial charge in [0.2, 0.25) is 5.91 Å². The zero-order valence-electron chi connectivity index (χ0n) is 13.6. The van der Waals surface area contributed by atoms with Crippen molar-refractivity contribution < 1.29 is 4.79 Å². The Hall–Kier alpha value is -1.40. The van der Waals surface area contributed by atoms with Crippen LogP contribution in [0, 0.1) is 6.92 Å².